The van der Waals surface area contributed by atoms with Gasteiger partial charge in [0.05, 0.1) is 7.11 Å². The highest BCUT2D eigenvalue weighted by molar-refractivity contribution is 5.82. The third kappa shape index (κ3) is 5.88. The van der Waals surface area contributed by atoms with Crippen LogP contribution in [-0.4, -0.2) is 13.1 Å². The van der Waals surface area contributed by atoms with Gasteiger partial charge in [0.1, 0.15) is 0 Å². The van der Waals surface area contributed by atoms with Gasteiger partial charge in [0, 0.05) is 12.0 Å². The van der Waals surface area contributed by atoms with E-state index in [2.05, 4.69) is 50.3 Å². The topological polar surface area (TPSA) is 26.3 Å². The Balaban J connectivity index is 2.52. The summed E-state index contributed by atoms with van der Waals surface area (Å²) in [7, 11) is 1.37. The van der Waals surface area contributed by atoms with Crippen molar-refractivity contribution >= 4 is 5.97 Å². The molecule has 2 heteroatoms. The molecule has 0 spiro atoms. The molecule has 0 amide bonds. The van der Waals surface area contributed by atoms with Crippen LogP contribution in [0.2, 0.25) is 0 Å². The molecule has 2 nitrogen and oxygen atoms in total. The third-order valence-corrected chi connectivity index (χ3v) is 4.17. The van der Waals surface area contributed by atoms with Gasteiger partial charge in [0.2, 0.25) is 0 Å². The maximum atomic E-state index is 10.9. The van der Waals surface area contributed by atoms with E-state index in [0.717, 1.165) is 12.0 Å². The number of hydrogen-bond donors (Lipinski definition) is 0. The molecule has 0 bridgehead atoms. The van der Waals surface area contributed by atoms with Gasteiger partial charge in [0.25, 0.3) is 0 Å². The zero-order valence-electron chi connectivity index (χ0n) is 14.3. The third-order valence-electron chi connectivity index (χ3n) is 4.17. The summed E-state index contributed by atoms with van der Waals surface area (Å²) in [6, 6.07) is 0. The van der Waals surface area contributed by atoms with E-state index in [1.54, 1.807) is 6.08 Å². The number of carbonyl (C=O) groups excluding carboxylic acids is 1. The molecular weight excluding hydrogens is 272 g/mol. The average Bonchev–Trinajstić information content (AvgIpc) is 2.45. The van der Waals surface area contributed by atoms with Gasteiger partial charge in [-0.1, -0.05) is 68.0 Å². The molecule has 1 atom stereocenters. The minimum absolute atomic E-state index is 0.314. The molecular formula is C20H28O2. The summed E-state index contributed by atoms with van der Waals surface area (Å²) < 4.78 is 4.52. The van der Waals surface area contributed by atoms with Crippen LogP contribution in [0.3, 0.4) is 0 Å². The number of carbonyl (C=O) groups is 1. The molecule has 1 aliphatic carbocycles. The maximum absolute atomic E-state index is 10.9. The van der Waals surface area contributed by atoms with Crippen molar-refractivity contribution in [1.82, 2.24) is 0 Å². The minimum Gasteiger partial charge on any atom is -0.466 e. The van der Waals surface area contributed by atoms with E-state index in [1.165, 1.54) is 31.6 Å². The fourth-order valence-electron chi connectivity index (χ4n) is 2.78. The summed E-state index contributed by atoms with van der Waals surface area (Å²) in [5, 5.41) is 0. The van der Waals surface area contributed by atoms with Crippen LogP contribution in [0.4, 0.5) is 0 Å². The first kappa shape index (κ1) is 18.2. The van der Waals surface area contributed by atoms with Crippen LogP contribution in [0, 0.1) is 11.3 Å². The Morgan fingerprint density at radius 3 is 2.77 bits per heavy atom. The number of ether oxygens (including phenoxy) is 1. The number of rotatable bonds is 6. The lowest BCUT2D eigenvalue weighted by atomic mass is 9.68. The molecule has 22 heavy (non-hydrogen) atoms. The summed E-state index contributed by atoms with van der Waals surface area (Å²) in [6.07, 6.45) is 16.8. The standard InChI is InChI=1S/C20H28O2/c1-16(10-7-6-8-12-19(21)22-5)13-14-18-17(2)11-9-15-20(18,3)4/h6-8,11-14,18H,1,9-10,15H2,2-5H3/b7-6+,12-8+,14-13+. The van der Waals surface area contributed by atoms with Crippen molar-refractivity contribution in [2.24, 2.45) is 11.3 Å². The molecule has 0 aliphatic heterocycles. The van der Waals surface area contributed by atoms with E-state index in [9.17, 15) is 4.79 Å². The van der Waals surface area contributed by atoms with Crippen LogP contribution in [0.5, 0.6) is 0 Å². The highest BCUT2D eigenvalue weighted by Gasteiger charge is 2.30. The maximum Gasteiger partial charge on any atom is 0.330 e. The zero-order chi connectivity index (χ0) is 16.6. The quantitative estimate of drug-likeness (QED) is 0.293. The second-order valence-corrected chi connectivity index (χ2v) is 6.48. The Kier molecular flexibility index (Phi) is 7.10. The highest BCUT2D eigenvalue weighted by Crippen LogP contribution is 2.41. The van der Waals surface area contributed by atoms with Crippen molar-refractivity contribution in [3.63, 3.8) is 0 Å². The van der Waals surface area contributed by atoms with Crippen LogP contribution in [0.1, 0.15) is 40.0 Å². The van der Waals surface area contributed by atoms with Crippen molar-refractivity contribution in [1.29, 1.82) is 0 Å². The van der Waals surface area contributed by atoms with Crippen molar-refractivity contribution in [3.05, 3.63) is 60.3 Å². The average molecular weight is 300 g/mol. The molecule has 0 heterocycles. The largest absolute Gasteiger partial charge is 0.466 e. The first-order valence-electron chi connectivity index (χ1n) is 7.80. The van der Waals surface area contributed by atoms with E-state index in [-0.39, 0.29) is 5.97 Å². The highest BCUT2D eigenvalue weighted by atomic mass is 16.5. The van der Waals surface area contributed by atoms with E-state index in [0.29, 0.717) is 11.3 Å². The molecule has 0 N–H and O–H groups in total. The van der Waals surface area contributed by atoms with Crippen molar-refractivity contribution in [2.45, 2.75) is 40.0 Å². The van der Waals surface area contributed by atoms with Gasteiger partial charge < -0.3 is 4.74 Å². The molecule has 0 saturated carbocycles. The number of hydrogen-bond acceptors (Lipinski definition) is 2. The molecule has 0 fully saturated rings. The fourth-order valence-corrected chi connectivity index (χ4v) is 2.78. The molecule has 1 rings (SSSR count). The van der Waals surface area contributed by atoms with E-state index >= 15 is 0 Å². The first-order chi connectivity index (χ1) is 10.4. The molecule has 1 aliphatic rings. The van der Waals surface area contributed by atoms with Gasteiger partial charge in [-0.05, 0) is 31.6 Å². The second-order valence-electron chi connectivity index (χ2n) is 6.48. The second kappa shape index (κ2) is 8.57. The molecule has 0 aromatic carbocycles. The molecule has 0 aromatic heterocycles. The summed E-state index contributed by atoms with van der Waals surface area (Å²) in [6.45, 7) is 11.0. The normalized spacial score (nSPS) is 21.5. The monoisotopic (exact) mass is 300 g/mol. The van der Waals surface area contributed by atoms with Gasteiger partial charge in [-0.15, -0.1) is 0 Å². The number of methoxy groups -OCH3 is 1. The van der Waals surface area contributed by atoms with Gasteiger partial charge >= 0.3 is 5.97 Å². The summed E-state index contributed by atoms with van der Waals surface area (Å²) in [5.41, 5.74) is 2.84. The Hall–Kier alpha value is -1.83. The number of esters is 1. The minimum atomic E-state index is -0.342. The van der Waals surface area contributed by atoms with Crippen molar-refractivity contribution < 1.29 is 9.53 Å². The summed E-state index contributed by atoms with van der Waals surface area (Å²) in [4.78, 5) is 10.9. The molecule has 1 unspecified atom stereocenters. The van der Waals surface area contributed by atoms with Gasteiger partial charge in [0.15, 0.2) is 0 Å². The molecule has 120 valence electrons. The lowest BCUT2D eigenvalue weighted by Gasteiger charge is -2.36. The molecule has 0 saturated heterocycles. The van der Waals surface area contributed by atoms with Gasteiger partial charge in [-0.25, -0.2) is 4.79 Å². The van der Waals surface area contributed by atoms with Crippen LogP contribution < -0.4 is 0 Å². The van der Waals surface area contributed by atoms with Gasteiger partial charge in [-0.3, -0.25) is 0 Å². The molecule has 0 aromatic rings. The van der Waals surface area contributed by atoms with E-state index < -0.39 is 0 Å². The van der Waals surface area contributed by atoms with Crippen LogP contribution in [-0.2, 0) is 9.53 Å². The smallest absolute Gasteiger partial charge is 0.330 e. The van der Waals surface area contributed by atoms with E-state index in [4.69, 9.17) is 0 Å². The fraction of sp³-hybridized carbons (Fsp3) is 0.450. The predicted octanol–water partition coefficient (Wildman–Crippen LogP) is 5.16. The van der Waals surface area contributed by atoms with Gasteiger partial charge in [-0.2, -0.15) is 0 Å². The summed E-state index contributed by atoms with van der Waals surface area (Å²) >= 11 is 0. The SMILES string of the molecule is C=C(/C=C/C1C(C)=CCCC1(C)C)C/C=C/C=C/C(=O)OC. The zero-order valence-corrected chi connectivity index (χ0v) is 14.3. The Morgan fingerprint density at radius 1 is 1.41 bits per heavy atom. The van der Waals surface area contributed by atoms with Crippen molar-refractivity contribution in [2.75, 3.05) is 7.11 Å². The number of allylic oxidation sites excluding steroid dienone is 8. The van der Waals surface area contributed by atoms with Crippen LogP contribution in [0.15, 0.2) is 60.3 Å². The first-order valence-corrected chi connectivity index (χ1v) is 7.80. The molecule has 0 radical (unpaired) electrons. The van der Waals surface area contributed by atoms with Crippen molar-refractivity contribution in [3.8, 4) is 0 Å². The lowest BCUT2D eigenvalue weighted by molar-refractivity contribution is -0.134. The van der Waals surface area contributed by atoms with Crippen LogP contribution in [0.25, 0.3) is 0 Å². The van der Waals surface area contributed by atoms with E-state index in [1.807, 2.05) is 12.2 Å². The van der Waals surface area contributed by atoms with Crippen LogP contribution >= 0.6 is 0 Å². The Morgan fingerprint density at radius 2 is 2.14 bits per heavy atom. The summed E-state index contributed by atoms with van der Waals surface area (Å²) in [5.74, 6) is 0.145. The Labute approximate surface area is 134 Å². The lowest BCUT2D eigenvalue weighted by Crippen LogP contribution is -2.26. The Bertz CT molecular complexity index is 516. The predicted molar refractivity (Wildman–Crippen MR) is 93.5 cm³/mol.